The number of halogens is 1. The van der Waals surface area contributed by atoms with E-state index in [0.717, 1.165) is 22.6 Å². The topological polar surface area (TPSA) is 96.0 Å². The molecule has 2 aromatic carbocycles. The first-order chi connectivity index (χ1) is 14.4. The van der Waals surface area contributed by atoms with Crippen LogP contribution in [-0.2, 0) is 0 Å². The van der Waals surface area contributed by atoms with Gasteiger partial charge in [0.25, 0.3) is 5.56 Å². The van der Waals surface area contributed by atoms with Gasteiger partial charge in [-0.3, -0.25) is 9.52 Å². The van der Waals surface area contributed by atoms with Gasteiger partial charge in [0, 0.05) is 5.69 Å². The van der Waals surface area contributed by atoms with E-state index in [1.165, 1.54) is 36.0 Å². The number of carbonyl (C=O) groups excluding carboxylic acids is 1. The minimum absolute atomic E-state index is 0.0595. The normalized spacial score (nSPS) is 11.0. The van der Waals surface area contributed by atoms with Gasteiger partial charge in [0.05, 0.1) is 20.8 Å². The fraction of sp³-hybridized carbons (Fsp3) is 0.0500. The van der Waals surface area contributed by atoms with Crippen LogP contribution in [-0.4, -0.2) is 15.6 Å². The van der Waals surface area contributed by atoms with Gasteiger partial charge in [-0.2, -0.15) is 0 Å². The molecule has 10 heteroatoms. The van der Waals surface area contributed by atoms with Crippen LogP contribution in [0.15, 0.2) is 74.4 Å². The summed E-state index contributed by atoms with van der Waals surface area (Å²) < 4.78 is 17.7. The van der Waals surface area contributed by atoms with Crippen molar-refractivity contribution in [3.63, 3.8) is 0 Å². The number of nitrogens with zero attached hydrogens (tertiary/aromatic N) is 1. The summed E-state index contributed by atoms with van der Waals surface area (Å²) in [6, 6.07) is 9.23. The van der Waals surface area contributed by atoms with Crippen LogP contribution in [0.1, 0.15) is 6.92 Å². The number of benzene rings is 2. The Morgan fingerprint density at radius 3 is 2.63 bits per heavy atom. The molecule has 0 saturated carbocycles. The zero-order chi connectivity index (χ0) is 21.7. The van der Waals surface area contributed by atoms with Crippen molar-refractivity contribution >= 4 is 46.3 Å². The monoisotopic (exact) mass is 444 g/mol. The fourth-order valence-corrected chi connectivity index (χ4v) is 3.57. The smallest absolute Gasteiger partial charge is 0.307 e. The lowest BCUT2D eigenvalue weighted by molar-refractivity contribution is 0.257. The Bertz CT molecular complexity index is 1250. The van der Waals surface area contributed by atoms with Crippen LogP contribution in [0.25, 0.3) is 16.6 Å². The molecular weight excluding hydrogens is 427 g/mol. The summed E-state index contributed by atoms with van der Waals surface area (Å²) in [4.78, 5) is 39.5. The molecule has 1 aromatic heterocycles. The molecular formula is C20H17FN4O3S2. The number of nitrogens with one attached hydrogen (secondary N) is 3. The number of carbonyl (C=O) groups is 1. The maximum Gasteiger partial charge on any atom is 0.333 e. The molecule has 0 saturated heterocycles. The third kappa shape index (κ3) is 5.02. The number of H-pyrrole nitrogens is 1. The predicted molar refractivity (Wildman–Crippen MR) is 121 cm³/mol. The molecule has 3 rings (SSSR count). The number of thioether (sulfide) groups is 1. The Balaban J connectivity index is 1.76. The Labute approximate surface area is 179 Å². The molecule has 0 unspecified atom stereocenters. The molecule has 0 atom stereocenters. The van der Waals surface area contributed by atoms with Crippen LogP contribution in [0.5, 0.6) is 0 Å². The first kappa shape index (κ1) is 21.5. The number of amides is 2. The number of allylic oxidation sites excluding steroid dienone is 1. The fourth-order valence-electron chi connectivity index (χ4n) is 2.54. The summed E-state index contributed by atoms with van der Waals surface area (Å²) in [5.41, 5.74) is -0.292. The Kier molecular flexibility index (Phi) is 6.80. The summed E-state index contributed by atoms with van der Waals surface area (Å²) in [6.45, 7) is 5.69. The summed E-state index contributed by atoms with van der Waals surface area (Å²) in [7, 11) is 0. The average molecular weight is 445 g/mol. The maximum absolute atomic E-state index is 13.5. The van der Waals surface area contributed by atoms with E-state index < -0.39 is 23.1 Å². The van der Waals surface area contributed by atoms with Gasteiger partial charge >= 0.3 is 11.7 Å². The van der Waals surface area contributed by atoms with Crippen molar-refractivity contribution in [1.29, 1.82) is 0 Å². The third-order valence-electron chi connectivity index (χ3n) is 3.84. The highest BCUT2D eigenvalue weighted by atomic mass is 32.2. The highest BCUT2D eigenvalue weighted by Crippen LogP contribution is 2.24. The first-order valence-corrected chi connectivity index (χ1v) is 10.3. The van der Waals surface area contributed by atoms with Crippen LogP contribution in [0, 0.1) is 5.82 Å². The van der Waals surface area contributed by atoms with Crippen LogP contribution in [0.3, 0.4) is 0 Å². The molecule has 3 N–H and O–H groups in total. The quantitative estimate of drug-likeness (QED) is 0.492. The molecule has 0 radical (unpaired) electrons. The molecule has 2 amide bonds. The van der Waals surface area contributed by atoms with Crippen molar-refractivity contribution in [2.75, 3.05) is 5.32 Å². The Hall–Kier alpha value is -3.24. The number of aromatic amines is 1. The van der Waals surface area contributed by atoms with E-state index in [1.807, 2.05) is 18.4 Å². The van der Waals surface area contributed by atoms with Crippen molar-refractivity contribution in [2.24, 2.45) is 0 Å². The van der Waals surface area contributed by atoms with E-state index in [-0.39, 0.29) is 16.6 Å². The highest BCUT2D eigenvalue weighted by Gasteiger charge is 2.11. The van der Waals surface area contributed by atoms with E-state index in [1.54, 1.807) is 12.1 Å². The van der Waals surface area contributed by atoms with E-state index in [0.29, 0.717) is 9.92 Å². The molecule has 3 aromatic rings. The van der Waals surface area contributed by atoms with Crippen molar-refractivity contribution in [3.8, 4) is 5.69 Å². The Morgan fingerprint density at radius 1 is 1.20 bits per heavy atom. The molecule has 7 nitrogen and oxygen atoms in total. The summed E-state index contributed by atoms with van der Waals surface area (Å²) in [6.07, 6.45) is 1.86. The molecule has 0 bridgehead atoms. The van der Waals surface area contributed by atoms with Crippen LogP contribution >= 0.6 is 23.7 Å². The van der Waals surface area contributed by atoms with Gasteiger partial charge in [0.1, 0.15) is 5.82 Å². The number of hydrogen-bond donors (Lipinski definition) is 3. The van der Waals surface area contributed by atoms with E-state index in [9.17, 15) is 18.8 Å². The zero-order valence-corrected chi connectivity index (χ0v) is 17.4. The second kappa shape index (κ2) is 9.51. The number of hydrogen-bond acceptors (Lipinski definition) is 5. The second-order valence-electron chi connectivity index (χ2n) is 5.93. The van der Waals surface area contributed by atoms with Gasteiger partial charge in [-0.1, -0.05) is 24.4 Å². The van der Waals surface area contributed by atoms with Crippen LogP contribution in [0.4, 0.5) is 14.9 Å². The Morgan fingerprint density at radius 2 is 1.93 bits per heavy atom. The van der Waals surface area contributed by atoms with E-state index >= 15 is 0 Å². The zero-order valence-electron chi connectivity index (χ0n) is 15.8. The molecule has 0 aliphatic carbocycles. The molecule has 154 valence electrons. The van der Waals surface area contributed by atoms with E-state index in [4.69, 9.17) is 0 Å². The largest absolute Gasteiger partial charge is 0.333 e. The summed E-state index contributed by atoms with van der Waals surface area (Å²) >= 11 is 2.47. The van der Waals surface area contributed by atoms with Crippen molar-refractivity contribution in [3.05, 3.63) is 91.4 Å². The van der Waals surface area contributed by atoms with Gasteiger partial charge in [-0.15, -0.1) is 0 Å². The van der Waals surface area contributed by atoms with Crippen LogP contribution in [0.2, 0.25) is 0 Å². The van der Waals surface area contributed by atoms with Crippen molar-refractivity contribution in [1.82, 2.24) is 14.3 Å². The minimum Gasteiger partial charge on any atom is -0.307 e. The molecule has 30 heavy (non-hydrogen) atoms. The summed E-state index contributed by atoms with van der Waals surface area (Å²) in [5.74, 6) is -0.576. The van der Waals surface area contributed by atoms with Gasteiger partial charge in [-0.25, -0.2) is 18.5 Å². The number of aromatic nitrogens is 2. The van der Waals surface area contributed by atoms with Crippen molar-refractivity contribution < 1.29 is 9.18 Å². The lowest BCUT2D eigenvalue weighted by atomic mass is 10.2. The van der Waals surface area contributed by atoms with Crippen LogP contribution < -0.4 is 21.3 Å². The summed E-state index contributed by atoms with van der Waals surface area (Å²) in [5, 5.41) is 4.54. The molecule has 0 spiro atoms. The standard InChI is InChI=1S/C20H17FN4O3S2/c1-3-10-29-12(2)30-24-19(27)22-14-5-7-15(8-6-14)25-18(26)16-11-13(21)4-9-17(16)23-20(25)28/h3-11H,2H2,1H3,(H,23,28)(H2,22,24,27)/b10-3-. The van der Waals surface area contributed by atoms with E-state index in [2.05, 4.69) is 21.6 Å². The molecule has 0 aliphatic rings. The number of rotatable bonds is 6. The SMILES string of the molecule is C=C(S/C=C\C)SNC(=O)Nc1ccc(-n2c(=O)[nH]c3ccc(F)cc3c2=O)cc1. The lowest BCUT2D eigenvalue weighted by Gasteiger charge is -2.09. The lowest BCUT2D eigenvalue weighted by Crippen LogP contribution is -2.33. The number of urea groups is 1. The number of anilines is 1. The predicted octanol–water partition coefficient (Wildman–Crippen LogP) is 4.33. The third-order valence-corrected chi connectivity index (χ3v) is 5.56. The molecule has 0 fully saturated rings. The first-order valence-electron chi connectivity index (χ1n) is 8.64. The molecule has 1 heterocycles. The van der Waals surface area contributed by atoms with Gasteiger partial charge in [0.2, 0.25) is 0 Å². The minimum atomic E-state index is -0.647. The molecule has 0 aliphatic heterocycles. The van der Waals surface area contributed by atoms with Gasteiger partial charge in [0.15, 0.2) is 0 Å². The number of fused-ring (bicyclic) bond motifs is 1. The van der Waals surface area contributed by atoms with Gasteiger partial charge in [-0.05, 0) is 66.7 Å². The van der Waals surface area contributed by atoms with Crippen molar-refractivity contribution in [2.45, 2.75) is 6.92 Å². The average Bonchev–Trinajstić information content (AvgIpc) is 2.72. The maximum atomic E-state index is 13.5. The second-order valence-corrected chi connectivity index (χ2v) is 8.09. The highest BCUT2D eigenvalue weighted by molar-refractivity contribution is 8.22. The van der Waals surface area contributed by atoms with Gasteiger partial charge < -0.3 is 10.3 Å².